The van der Waals surface area contributed by atoms with E-state index in [1.54, 1.807) is 33.9 Å². The fourth-order valence-corrected chi connectivity index (χ4v) is 5.48. The van der Waals surface area contributed by atoms with E-state index >= 15 is 0 Å². The van der Waals surface area contributed by atoms with E-state index in [2.05, 4.69) is 36.6 Å². The first kappa shape index (κ1) is 43.0. The van der Waals surface area contributed by atoms with Crippen molar-refractivity contribution in [1.29, 1.82) is 0 Å². The van der Waals surface area contributed by atoms with Crippen LogP contribution in [0.5, 0.6) is 0 Å². The van der Waals surface area contributed by atoms with Crippen molar-refractivity contribution >= 4 is 52.4 Å². The van der Waals surface area contributed by atoms with Crippen molar-refractivity contribution in [3.05, 3.63) is 36.0 Å². The Bertz CT molecular complexity index is 1570. The molecule has 17 nitrogen and oxygen atoms in total. The van der Waals surface area contributed by atoms with Gasteiger partial charge in [-0.05, 0) is 48.6 Å². The van der Waals surface area contributed by atoms with Gasteiger partial charge in [0.25, 0.3) is 0 Å². The fraction of sp³-hybridized carbons (Fsp3) is 0.571. The number of para-hydroxylation sites is 1. The van der Waals surface area contributed by atoms with E-state index in [1.807, 2.05) is 38.1 Å². The zero-order valence-electron chi connectivity index (χ0n) is 30.8. The number of nitrogens with zero attached hydrogens (tertiary/aromatic N) is 1. The van der Waals surface area contributed by atoms with Crippen LogP contribution in [0.4, 0.5) is 0 Å². The summed E-state index contributed by atoms with van der Waals surface area (Å²) in [6.45, 7) is 10.2. The molecule has 13 N–H and O–H groups in total. The topological polar surface area (TPSA) is 289 Å². The van der Waals surface area contributed by atoms with Crippen LogP contribution >= 0.6 is 0 Å². The number of aliphatic imine (C=N–C) groups is 1. The summed E-state index contributed by atoms with van der Waals surface area (Å²) in [6, 6.07) is 1.87. The average molecular weight is 729 g/mol. The van der Waals surface area contributed by atoms with Gasteiger partial charge < -0.3 is 53.9 Å². The summed E-state index contributed by atoms with van der Waals surface area (Å²) in [5.41, 5.74) is 18.3. The highest BCUT2D eigenvalue weighted by molar-refractivity contribution is 5.96. The molecular weight excluding hydrogens is 672 g/mol. The lowest BCUT2D eigenvalue weighted by molar-refractivity contribution is -0.143. The molecule has 0 aliphatic heterocycles. The lowest BCUT2D eigenvalue weighted by Gasteiger charge is -2.28. The minimum Gasteiger partial charge on any atom is -0.480 e. The number of carboxylic acids is 1. The predicted octanol–water partition coefficient (Wildman–Crippen LogP) is -0.411. The molecule has 0 bridgehead atoms. The first-order valence-electron chi connectivity index (χ1n) is 17.5. The number of fused-ring (bicyclic) bond motifs is 1. The Morgan fingerprint density at radius 2 is 1.42 bits per heavy atom. The number of benzene rings is 1. The number of rotatable bonds is 21. The molecule has 0 saturated heterocycles. The van der Waals surface area contributed by atoms with Gasteiger partial charge in [-0.1, -0.05) is 59.7 Å². The number of carboxylic acid groups (broad SMARTS) is 1. The molecule has 2 aromatic rings. The number of guanidine groups is 1. The molecule has 0 radical (unpaired) electrons. The molecule has 5 atom stereocenters. The minimum absolute atomic E-state index is 0.0381. The zero-order valence-corrected chi connectivity index (χ0v) is 30.8. The molecule has 0 fully saturated rings. The second-order valence-corrected chi connectivity index (χ2v) is 13.9. The van der Waals surface area contributed by atoms with Gasteiger partial charge in [-0.25, -0.2) is 4.79 Å². The van der Waals surface area contributed by atoms with Crippen LogP contribution in [0.2, 0.25) is 0 Å². The van der Waals surface area contributed by atoms with Crippen LogP contribution in [0.3, 0.4) is 0 Å². The Kier molecular flexibility index (Phi) is 17.0. The van der Waals surface area contributed by atoms with Crippen LogP contribution in [0.1, 0.15) is 66.4 Å². The molecule has 0 aliphatic rings. The molecule has 1 aromatic heterocycles. The highest BCUT2D eigenvalue weighted by Gasteiger charge is 2.33. The summed E-state index contributed by atoms with van der Waals surface area (Å²) in [5.74, 6) is -5.41. The molecule has 2 rings (SSSR count). The van der Waals surface area contributed by atoms with Crippen LogP contribution in [0, 0.1) is 17.8 Å². The summed E-state index contributed by atoms with van der Waals surface area (Å²) in [5, 5.41) is 23.5. The molecule has 1 aromatic carbocycles. The Hall–Kier alpha value is -5.19. The van der Waals surface area contributed by atoms with Crippen molar-refractivity contribution in [3.8, 4) is 0 Å². The number of nitrogens with one attached hydrogen (secondary N) is 6. The third-order valence-electron chi connectivity index (χ3n) is 8.29. The zero-order chi connectivity index (χ0) is 39.1. The summed E-state index contributed by atoms with van der Waals surface area (Å²) in [7, 11) is 0. The van der Waals surface area contributed by atoms with Gasteiger partial charge in [0.05, 0.1) is 12.6 Å². The SMILES string of the molecule is CC(C)CC(N)C(=O)NCC(=O)NC(Cc1c[nH]c2ccccc12)C(=O)NC(C(=O)NC(CCCN=C(N)N)C(=O)NC(C(=O)O)C(C)C)C(C)C. The lowest BCUT2D eigenvalue weighted by Crippen LogP contribution is -2.60. The number of nitrogens with two attached hydrogens (primary N) is 3. The largest absolute Gasteiger partial charge is 0.480 e. The quantitative estimate of drug-likeness (QED) is 0.0450. The predicted molar refractivity (Wildman–Crippen MR) is 197 cm³/mol. The standard InChI is InChI=1S/C35H56N10O7/c1-18(2)14-23(36)30(47)41-17-27(46)42-26(15-21-16-40-24-11-8-7-10-22(21)24)32(49)44-28(19(3)4)33(50)43-25(12-9-13-39-35(37)38)31(48)45-29(20(5)6)34(51)52/h7-8,10-11,16,18-20,23,25-26,28-29,40H,9,12-15,17,36H2,1-6H3,(H,41,47)(H,42,46)(H,43,50)(H,44,49)(H,45,48)(H,51,52)(H4,37,38,39). The van der Waals surface area contributed by atoms with Crippen LogP contribution in [0.25, 0.3) is 10.9 Å². The van der Waals surface area contributed by atoms with Gasteiger partial charge in [-0.2, -0.15) is 0 Å². The number of aromatic nitrogens is 1. The van der Waals surface area contributed by atoms with Crippen LogP contribution < -0.4 is 43.8 Å². The number of H-pyrrole nitrogens is 1. The van der Waals surface area contributed by atoms with Crippen LogP contribution in [-0.4, -0.2) is 94.9 Å². The fourth-order valence-electron chi connectivity index (χ4n) is 5.48. The molecule has 52 heavy (non-hydrogen) atoms. The number of carbonyl (C=O) groups excluding carboxylic acids is 5. The molecular formula is C35H56N10O7. The molecule has 17 heteroatoms. The van der Waals surface area contributed by atoms with Gasteiger partial charge in [0.1, 0.15) is 24.2 Å². The van der Waals surface area contributed by atoms with Crippen molar-refractivity contribution < 1.29 is 33.9 Å². The van der Waals surface area contributed by atoms with Gasteiger partial charge in [-0.15, -0.1) is 0 Å². The van der Waals surface area contributed by atoms with Gasteiger partial charge in [0.2, 0.25) is 29.5 Å². The number of hydrogen-bond acceptors (Lipinski definition) is 8. The number of amides is 5. The Balaban J connectivity index is 2.31. The third-order valence-corrected chi connectivity index (χ3v) is 8.29. The molecule has 288 valence electrons. The smallest absolute Gasteiger partial charge is 0.326 e. The number of carbonyl (C=O) groups is 6. The number of aliphatic carboxylic acids is 1. The van der Waals surface area contributed by atoms with Gasteiger partial charge in [0, 0.05) is 30.1 Å². The lowest BCUT2D eigenvalue weighted by atomic mass is 9.99. The summed E-state index contributed by atoms with van der Waals surface area (Å²) in [4.78, 5) is 85.3. The second-order valence-electron chi connectivity index (χ2n) is 13.9. The summed E-state index contributed by atoms with van der Waals surface area (Å²) < 4.78 is 0. The molecule has 1 heterocycles. The monoisotopic (exact) mass is 728 g/mol. The molecule has 5 unspecified atom stereocenters. The number of aromatic amines is 1. The van der Waals surface area contributed by atoms with Crippen molar-refractivity contribution in [2.24, 2.45) is 39.9 Å². The van der Waals surface area contributed by atoms with Gasteiger partial charge in [-0.3, -0.25) is 29.0 Å². The average Bonchev–Trinajstić information content (AvgIpc) is 3.47. The molecule has 0 saturated carbocycles. The first-order valence-corrected chi connectivity index (χ1v) is 17.5. The number of hydrogen-bond donors (Lipinski definition) is 10. The maximum atomic E-state index is 13.9. The second kappa shape index (κ2) is 20.6. The molecule has 0 spiro atoms. The first-order chi connectivity index (χ1) is 24.4. The van der Waals surface area contributed by atoms with Crippen molar-refractivity contribution in [2.75, 3.05) is 13.1 Å². The van der Waals surface area contributed by atoms with E-state index in [9.17, 15) is 33.9 Å². The Labute approximate surface area is 304 Å². The maximum Gasteiger partial charge on any atom is 0.326 e. The van der Waals surface area contributed by atoms with E-state index in [0.717, 1.165) is 16.5 Å². The highest BCUT2D eigenvalue weighted by Crippen LogP contribution is 2.19. The van der Waals surface area contributed by atoms with Gasteiger partial charge in [0.15, 0.2) is 5.96 Å². The van der Waals surface area contributed by atoms with E-state index in [0.29, 0.717) is 6.42 Å². The Morgan fingerprint density at radius 1 is 0.808 bits per heavy atom. The van der Waals surface area contributed by atoms with Crippen molar-refractivity contribution in [2.45, 2.75) is 97.4 Å². The van der Waals surface area contributed by atoms with Crippen LogP contribution in [0.15, 0.2) is 35.5 Å². The molecule has 5 amide bonds. The summed E-state index contributed by atoms with van der Waals surface area (Å²) >= 11 is 0. The molecule has 0 aliphatic carbocycles. The van der Waals surface area contributed by atoms with E-state index in [4.69, 9.17) is 17.2 Å². The van der Waals surface area contributed by atoms with E-state index in [1.165, 1.54) is 0 Å². The van der Waals surface area contributed by atoms with Crippen molar-refractivity contribution in [1.82, 2.24) is 31.6 Å². The van der Waals surface area contributed by atoms with E-state index < -0.39 is 84.1 Å². The maximum absolute atomic E-state index is 13.9. The Morgan fingerprint density at radius 3 is 2.02 bits per heavy atom. The highest BCUT2D eigenvalue weighted by atomic mass is 16.4. The van der Waals surface area contributed by atoms with E-state index in [-0.39, 0.29) is 37.7 Å². The minimum atomic E-state index is -1.23. The van der Waals surface area contributed by atoms with Gasteiger partial charge >= 0.3 is 5.97 Å². The normalized spacial score (nSPS) is 14.2. The third kappa shape index (κ3) is 13.8. The van der Waals surface area contributed by atoms with Crippen molar-refractivity contribution in [3.63, 3.8) is 0 Å². The summed E-state index contributed by atoms with van der Waals surface area (Å²) in [6.07, 6.45) is 2.52. The van der Waals surface area contributed by atoms with Crippen LogP contribution in [-0.2, 0) is 35.2 Å².